The average Bonchev–Trinajstić information content (AvgIpc) is 2.94. The minimum Gasteiger partial charge on any atom is -0.493 e. The Balaban J connectivity index is 1.56. The molecule has 0 aliphatic heterocycles. The van der Waals surface area contributed by atoms with E-state index in [1.807, 2.05) is 79.7 Å². The molecule has 4 rings (SSSR count). The van der Waals surface area contributed by atoms with E-state index >= 15 is 0 Å². The van der Waals surface area contributed by atoms with Crippen LogP contribution in [0.5, 0.6) is 5.75 Å². The highest BCUT2D eigenvalue weighted by molar-refractivity contribution is 7.98. The quantitative estimate of drug-likeness (QED) is 0.183. The second-order valence-corrected chi connectivity index (χ2v) is 9.15. The molecule has 0 bridgehead atoms. The highest BCUT2D eigenvalue weighted by atomic mass is 32.2. The van der Waals surface area contributed by atoms with Gasteiger partial charge >= 0.3 is 0 Å². The fourth-order valence-electron chi connectivity index (χ4n) is 3.59. The maximum atomic E-state index is 13.4. The summed E-state index contributed by atoms with van der Waals surface area (Å²) in [6.07, 6.45) is 1.63. The van der Waals surface area contributed by atoms with Crippen LogP contribution >= 0.6 is 11.8 Å². The number of thioether (sulfide) groups is 1. The Labute approximate surface area is 221 Å². The topological polar surface area (TPSA) is 67.4 Å². The second kappa shape index (κ2) is 13.1. The van der Waals surface area contributed by atoms with Crippen molar-refractivity contribution in [1.82, 2.24) is 5.32 Å². The number of nitrogens with one attached hydrogen (secondary N) is 2. The molecule has 2 amide bonds. The fraction of sp³-hybridized carbons (Fsp3) is 0.0968. The lowest BCUT2D eigenvalue weighted by molar-refractivity contribution is -0.113. The van der Waals surface area contributed by atoms with Crippen LogP contribution in [0.2, 0.25) is 0 Å². The van der Waals surface area contributed by atoms with Gasteiger partial charge in [0.2, 0.25) is 0 Å². The van der Waals surface area contributed by atoms with E-state index in [1.165, 1.54) is 5.56 Å². The number of carbonyl (C=O) groups is 2. The number of amides is 2. The van der Waals surface area contributed by atoms with E-state index in [9.17, 15) is 9.59 Å². The van der Waals surface area contributed by atoms with Crippen LogP contribution in [0.1, 0.15) is 28.4 Å². The molecule has 37 heavy (non-hydrogen) atoms. The van der Waals surface area contributed by atoms with Crippen LogP contribution in [-0.4, -0.2) is 18.4 Å². The molecule has 0 aliphatic carbocycles. The van der Waals surface area contributed by atoms with Crippen molar-refractivity contribution in [2.75, 3.05) is 11.9 Å². The largest absolute Gasteiger partial charge is 0.493 e. The zero-order valence-corrected chi connectivity index (χ0v) is 21.3. The van der Waals surface area contributed by atoms with E-state index in [1.54, 1.807) is 42.1 Å². The Morgan fingerprint density at radius 3 is 2.30 bits per heavy atom. The van der Waals surface area contributed by atoms with Crippen molar-refractivity contribution in [3.63, 3.8) is 0 Å². The van der Waals surface area contributed by atoms with Gasteiger partial charge in [-0.3, -0.25) is 9.59 Å². The van der Waals surface area contributed by atoms with Crippen molar-refractivity contribution in [2.45, 2.75) is 17.6 Å². The van der Waals surface area contributed by atoms with Crippen LogP contribution in [0, 0.1) is 0 Å². The molecule has 0 saturated heterocycles. The Morgan fingerprint density at radius 1 is 0.838 bits per heavy atom. The summed E-state index contributed by atoms with van der Waals surface area (Å²) in [6.45, 7) is 2.38. The lowest BCUT2D eigenvalue weighted by Crippen LogP contribution is -2.30. The van der Waals surface area contributed by atoms with E-state index in [4.69, 9.17) is 4.74 Å². The van der Waals surface area contributed by atoms with Crippen molar-refractivity contribution in [3.05, 3.63) is 132 Å². The summed E-state index contributed by atoms with van der Waals surface area (Å²) in [5, 5.41) is 5.71. The molecule has 0 unspecified atom stereocenters. The molecular weight excluding hydrogens is 480 g/mol. The molecule has 0 spiro atoms. The van der Waals surface area contributed by atoms with Gasteiger partial charge in [0.15, 0.2) is 0 Å². The maximum Gasteiger partial charge on any atom is 0.272 e. The van der Waals surface area contributed by atoms with Crippen molar-refractivity contribution in [2.24, 2.45) is 0 Å². The molecule has 6 heteroatoms. The number of rotatable bonds is 10. The van der Waals surface area contributed by atoms with Crippen molar-refractivity contribution in [1.29, 1.82) is 0 Å². The SMILES string of the molecule is CCOc1ccccc1/C=C(/NC(=O)c1ccccc1)C(=O)Nc1cccc(SCc2ccccc2)c1. The Bertz CT molecular complexity index is 1370. The lowest BCUT2D eigenvalue weighted by Gasteiger charge is -2.13. The van der Waals surface area contributed by atoms with Crippen LogP contribution in [-0.2, 0) is 10.5 Å². The molecule has 0 aliphatic rings. The summed E-state index contributed by atoms with van der Waals surface area (Å²) in [4.78, 5) is 27.4. The van der Waals surface area contributed by atoms with E-state index in [2.05, 4.69) is 22.8 Å². The molecule has 4 aromatic rings. The zero-order chi connectivity index (χ0) is 25.9. The third kappa shape index (κ3) is 7.59. The minimum atomic E-state index is -0.430. The molecule has 4 aromatic carbocycles. The first kappa shape index (κ1) is 25.8. The lowest BCUT2D eigenvalue weighted by atomic mass is 10.1. The predicted molar refractivity (Wildman–Crippen MR) is 151 cm³/mol. The number of ether oxygens (including phenoxy) is 1. The van der Waals surface area contributed by atoms with E-state index in [0.717, 1.165) is 10.6 Å². The molecule has 0 radical (unpaired) electrons. The van der Waals surface area contributed by atoms with Gasteiger partial charge in [-0.1, -0.05) is 72.8 Å². The molecule has 0 heterocycles. The molecular formula is C31H28N2O3S. The van der Waals surface area contributed by atoms with Gasteiger partial charge in [0.05, 0.1) is 6.61 Å². The van der Waals surface area contributed by atoms with Gasteiger partial charge in [-0.15, -0.1) is 11.8 Å². The van der Waals surface area contributed by atoms with Crippen LogP contribution < -0.4 is 15.4 Å². The highest BCUT2D eigenvalue weighted by Crippen LogP contribution is 2.26. The number of hydrogen-bond acceptors (Lipinski definition) is 4. The van der Waals surface area contributed by atoms with Crippen molar-refractivity contribution in [3.8, 4) is 5.75 Å². The summed E-state index contributed by atoms with van der Waals surface area (Å²) in [7, 11) is 0. The monoisotopic (exact) mass is 508 g/mol. The molecule has 5 nitrogen and oxygen atoms in total. The molecule has 0 aromatic heterocycles. The van der Waals surface area contributed by atoms with Gasteiger partial charge in [0.1, 0.15) is 11.4 Å². The average molecular weight is 509 g/mol. The normalized spacial score (nSPS) is 11.0. The molecule has 0 atom stereocenters. The smallest absolute Gasteiger partial charge is 0.272 e. The van der Waals surface area contributed by atoms with Gasteiger partial charge in [0, 0.05) is 27.5 Å². The van der Waals surface area contributed by atoms with Crippen molar-refractivity contribution >= 4 is 35.3 Å². The number of para-hydroxylation sites is 1. The van der Waals surface area contributed by atoms with E-state index < -0.39 is 5.91 Å². The third-order valence-electron chi connectivity index (χ3n) is 5.39. The zero-order valence-electron chi connectivity index (χ0n) is 20.5. The maximum absolute atomic E-state index is 13.4. The number of hydrogen-bond donors (Lipinski definition) is 2. The van der Waals surface area contributed by atoms with Crippen LogP contribution in [0.15, 0.2) is 120 Å². The summed E-state index contributed by atoms with van der Waals surface area (Å²) in [5.74, 6) is 0.650. The number of carbonyl (C=O) groups excluding carboxylic acids is 2. The first-order valence-corrected chi connectivity index (χ1v) is 13.0. The molecule has 186 valence electrons. The van der Waals surface area contributed by atoms with E-state index in [-0.39, 0.29) is 11.6 Å². The van der Waals surface area contributed by atoms with Gasteiger partial charge in [0.25, 0.3) is 11.8 Å². The standard InChI is InChI=1S/C31H28N2O3S/c1-2-36-29-19-10-9-16-25(29)20-28(33-30(34)24-14-7-4-8-15-24)31(35)32-26-17-11-18-27(21-26)37-22-23-12-5-3-6-13-23/h3-21H,2,22H2,1H3,(H,32,35)(H,33,34)/b28-20+. The Morgan fingerprint density at radius 2 is 1.54 bits per heavy atom. The van der Waals surface area contributed by atoms with Crippen molar-refractivity contribution < 1.29 is 14.3 Å². The van der Waals surface area contributed by atoms with E-state index in [0.29, 0.717) is 29.2 Å². The molecule has 2 N–H and O–H groups in total. The van der Waals surface area contributed by atoms with Gasteiger partial charge in [-0.2, -0.15) is 0 Å². The van der Waals surface area contributed by atoms with Gasteiger partial charge in [-0.05, 0) is 55.0 Å². The molecule has 0 fully saturated rings. The summed E-state index contributed by atoms with van der Waals surface area (Å²) >= 11 is 1.69. The number of anilines is 1. The van der Waals surface area contributed by atoms with Crippen LogP contribution in [0.4, 0.5) is 5.69 Å². The summed E-state index contributed by atoms with van der Waals surface area (Å²) in [5.41, 5.74) is 3.13. The minimum absolute atomic E-state index is 0.114. The first-order chi connectivity index (χ1) is 18.1. The number of benzene rings is 4. The van der Waals surface area contributed by atoms with Crippen LogP contribution in [0.3, 0.4) is 0 Å². The van der Waals surface area contributed by atoms with Gasteiger partial charge in [-0.25, -0.2) is 0 Å². The fourth-order valence-corrected chi connectivity index (χ4v) is 4.50. The van der Waals surface area contributed by atoms with Crippen LogP contribution in [0.25, 0.3) is 6.08 Å². The molecule has 0 saturated carbocycles. The summed E-state index contributed by atoms with van der Waals surface area (Å²) < 4.78 is 5.71. The second-order valence-electron chi connectivity index (χ2n) is 8.11. The summed E-state index contributed by atoms with van der Waals surface area (Å²) in [6, 6.07) is 34.1. The van der Waals surface area contributed by atoms with Gasteiger partial charge < -0.3 is 15.4 Å². The highest BCUT2D eigenvalue weighted by Gasteiger charge is 2.16. The first-order valence-electron chi connectivity index (χ1n) is 12.0. The predicted octanol–water partition coefficient (Wildman–Crippen LogP) is 6.79. The third-order valence-corrected chi connectivity index (χ3v) is 6.45. The Kier molecular flexibility index (Phi) is 9.16. The Hall–Kier alpha value is -4.29.